The van der Waals surface area contributed by atoms with Gasteiger partial charge in [0, 0.05) is 0 Å². The third kappa shape index (κ3) is 3.03. The maximum absolute atomic E-state index is 13.8. The molecule has 1 heterocycles. The fourth-order valence-electron chi connectivity index (χ4n) is 1.88. The van der Waals surface area contributed by atoms with Gasteiger partial charge in [0.2, 0.25) is 0 Å². The summed E-state index contributed by atoms with van der Waals surface area (Å²) < 4.78 is 64.8. The highest BCUT2D eigenvalue weighted by Crippen LogP contribution is 2.35. The summed E-state index contributed by atoms with van der Waals surface area (Å²) in [7, 11) is 0. The van der Waals surface area contributed by atoms with Crippen LogP contribution in [0.1, 0.15) is 15.9 Å². The SMILES string of the molecule is O=C(c1ccc(F)c(C(F)(F)F)c1F)N1C[C@H](O)[C@H](O)CO1. The zero-order chi connectivity index (χ0) is 16.7. The summed E-state index contributed by atoms with van der Waals surface area (Å²) in [4.78, 5) is 16.7. The highest BCUT2D eigenvalue weighted by molar-refractivity contribution is 5.94. The number of hydrogen-bond acceptors (Lipinski definition) is 4. The molecule has 22 heavy (non-hydrogen) atoms. The van der Waals surface area contributed by atoms with Crippen molar-refractivity contribution in [2.24, 2.45) is 0 Å². The van der Waals surface area contributed by atoms with Crippen LogP contribution in [0.25, 0.3) is 0 Å². The van der Waals surface area contributed by atoms with Gasteiger partial charge in [-0.3, -0.25) is 9.63 Å². The Morgan fingerprint density at radius 1 is 1.23 bits per heavy atom. The number of β-amino-alcohol motifs (C(OH)–C–C–N with tert-alkyl or cyclic N) is 1. The second-order valence-corrected chi connectivity index (χ2v) is 4.58. The van der Waals surface area contributed by atoms with Gasteiger partial charge in [-0.2, -0.15) is 13.2 Å². The Hall–Kier alpha value is -1.78. The molecule has 1 fully saturated rings. The van der Waals surface area contributed by atoms with Crippen LogP contribution >= 0.6 is 0 Å². The molecule has 1 aromatic carbocycles. The summed E-state index contributed by atoms with van der Waals surface area (Å²) in [5.74, 6) is -5.24. The van der Waals surface area contributed by atoms with E-state index in [1.165, 1.54) is 0 Å². The van der Waals surface area contributed by atoms with Crippen molar-refractivity contribution in [2.45, 2.75) is 18.4 Å². The second-order valence-electron chi connectivity index (χ2n) is 4.58. The Kier molecular flexibility index (Phi) is 4.36. The molecule has 0 bridgehead atoms. The Labute approximate surface area is 120 Å². The van der Waals surface area contributed by atoms with E-state index in [2.05, 4.69) is 0 Å². The lowest BCUT2D eigenvalue weighted by Gasteiger charge is -2.32. The van der Waals surface area contributed by atoms with Crippen molar-refractivity contribution in [3.8, 4) is 0 Å². The first kappa shape index (κ1) is 16.6. The first-order valence-electron chi connectivity index (χ1n) is 5.99. The van der Waals surface area contributed by atoms with Crippen LogP contribution in [-0.2, 0) is 11.0 Å². The zero-order valence-corrected chi connectivity index (χ0v) is 10.8. The van der Waals surface area contributed by atoms with Gasteiger partial charge in [0.15, 0.2) is 5.82 Å². The maximum Gasteiger partial charge on any atom is 0.422 e. The van der Waals surface area contributed by atoms with Gasteiger partial charge in [0.05, 0.1) is 12.1 Å². The number of aliphatic hydroxyl groups excluding tert-OH is 2. The Balaban J connectivity index is 2.35. The van der Waals surface area contributed by atoms with Gasteiger partial charge in [-0.15, -0.1) is 0 Å². The van der Waals surface area contributed by atoms with Gasteiger partial charge in [0.25, 0.3) is 5.91 Å². The summed E-state index contributed by atoms with van der Waals surface area (Å²) in [6, 6.07) is 0.859. The fraction of sp³-hybridized carbons (Fsp3) is 0.417. The number of hydroxylamine groups is 2. The summed E-state index contributed by atoms with van der Waals surface area (Å²) >= 11 is 0. The number of aliphatic hydroxyl groups is 2. The average molecular weight is 327 g/mol. The van der Waals surface area contributed by atoms with Crippen LogP contribution in [0.5, 0.6) is 0 Å². The van der Waals surface area contributed by atoms with Gasteiger partial charge in [-0.25, -0.2) is 13.8 Å². The molecule has 1 amide bonds. The molecule has 1 aliphatic rings. The van der Waals surface area contributed by atoms with Crippen molar-refractivity contribution in [3.05, 3.63) is 34.9 Å². The van der Waals surface area contributed by atoms with Crippen molar-refractivity contribution in [2.75, 3.05) is 13.2 Å². The number of alkyl halides is 3. The second kappa shape index (κ2) is 5.78. The van der Waals surface area contributed by atoms with Gasteiger partial charge in [-0.05, 0) is 12.1 Å². The predicted molar refractivity (Wildman–Crippen MR) is 60.4 cm³/mol. The molecule has 1 aliphatic heterocycles. The molecule has 0 aliphatic carbocycles. The van der Waals surface area contributed by atoms with Gasteiger partial charge >= 0.3 is 6.18 Å². The molecule has 0 radical (unpaired) electrons. The van der Waals surface area contributed by atoms with Gasteiger partial charge < -0.3 is 10.2 Å². The van der Waals surface area contributed by atoms with E-state index >= 15 is 0 Å². The molecule has 2 N–H and O–H groups in total. The number of nitrogens with zero attached hydrogens (tertiary/aromatic N) is 1. The van der Waals surface area contributed by atoms with Crippen LogP contribution in [0, 0.1) is 11.6 Å². The van der Waals surface area contributed by atoms with Gasteiger partial charge in [0.1, 0.15) is 30.2 Å². The molecule has 2 atom stereocenters. The smallest absolute Gasteiger partial charge is 0.388 e. The number of rotatable bonds is 1. The lowest BCUT2D eigenvalue weighted by Crippen LogP contribution is -2.50. The highest BCUT2D eigenvalue weighted by atomic mass is 19.4. The van der Waals surface area contributed by atoms with E-state index in [4.69, 9.17) is 4.84 Å². The van der Waals surface area contributed by atoms with Crippen molar-refractivity contribution < 1.29 is 41.8 Å². The third-order valence-corrected chi connectivity index (χ3v) is 3.03. The highest BCUT2D eigenvalue weighted by Gasteiger charge is 2.40. The molecule has 0 unspecified atom stereocenters. The number of carbonyl (C=O) groups excluding carboxylic acids is 1. The molecule has 0 saturated carbocycles. The van der Waals surface area contributed by atoms with Crippen molar-refractivity contribution in [1.82, 2.24) is 5.06 Å². The quantitative estimate of drug-likeness (QED) is 0.758. The van der Waals surface area contributed by atoms with E-state index < -0.39 is 60.2 Å². The minimum atomic E-state index is -5.32. The molecule has 2 rings (SSSR count). The Bertz CT molecular complexity index is 592. The third-order valence-electron chi connectivity index (χ3n) is 3.03. The van der Waals surface area contributed by atoms with E-state index in [1.54, 1.807) is 0 Å². The van der Waals surface area contributed by atoms with E-state index in [9.17, 15) is 37.0 Å². The van der Waals surface area contributed by atoms with Crippen LogP contribution in [0.4, 0.5) is 22.0 Å². The normalized spacial score (nSPS) is 22.8. The minimum absolute atomic E-state index is 0.314. The lowest BCUT2D eigenvalue weighted by molar-refractivity contribution is -0.212. The number of halogens is 5. The maximum atomic E-state index is 13.8. The summed E-state index contributed by atoms with van der Waals surface area (Å²) in [5, 5.41) is 19.0. The van der Waals surface area contributed by atoms with E-state index in [0.29, 0.717) is 17.2 Å². The molecule has 5 nitrogen and oxygen atoms in total. The van der Waals surface area contributed by atoms with Crippen LogP contribution in [0.15, 0.2) is 12.1 Å². The molecular weight excluding hydrogens is 317 g/mol. The van der Waals surface area contributed by atoms with Crippen LogP contribution in [0.2, 0.25) is 0 Å². The first-order valence-corrected chi connectivity index (χ1v) is 5.99. The predicted octanol–water partition coefficient (Wildman–Crippen LogP) is 1.09. The zero-order valence-electron chi connectivity index (χ0n) is 10.8. The molecular formula is C12H10F5NO4. The van der Waals surface area contributed by atoms with E-state index in [-0.39, 0.29) is 0 Å². The number of benzene rings is 1. The minimum Gasteiger partial charge on any atom is -0.388 e. The fourth-order valence-corrected chi connectivity index (χ4v) is 1.88. The standard InChI is InChI=1S/C12H10F5NO4/c13-6-2-1-5(10(14)9(6)12(15,16)17)11(21)18-3-7(19)8(20)4-22-18/h1-2,7-8,19-20H,3-4H2/t7-,8+/m0/s1. The van der Waals surface area contributed by atoms with Gasteiger partial charge in [-0.1, -0.05) is 0 Å². The molecule has 0 aromatic heterocycles. The molecule has 122 valence electrons. The average Bonchev–Trinajstić information content (AvgIpc) is 2.40. The van der Waals surface area contributed by atoms with Crippen molar-refractivity contribution in [1.29, 1.82) is 0 Å². The Morgan fingerprint density at radius 3 is 2.41 bits per heavy atom. The molecule has 0 spiro atoms. The summed E-state index contributed by atoms with van der Waals surface area (Å²) in [5.41, 5.74) is -3.24. The van der Waals surface area contributed by atoms with Crippen LogP contribution < -0.4 is 0 Å². The lowest BCUT2D eigenvalue weighted by atomic mass is 10.1. The summed E-state index contributed by atoms with van der Waals surface area (Å²) in [6.45, 7) is -1.07. The van der Waals surface area contributed by atoms with Crippen molar-refractivity contribution >= 4 is 5.91 Å². The van der Waals surface area contributed by atoms with Crippen LogP contribution in [-0.4, -0.2) is 46.5 Å². The monoisotopic (exact) mass is 327 g/mol. The van der Waals surface area contributed by atoms with Crippen molar-refractivity contribution in [3.63, 3.8) is 0 Å². The van der Waals surface area contributed by atoms with E-state index in [0.717, 1.165) is 0 Å². The molecule has 1 aromatic rings. The number of amides is 1. The first-order chi connectivity index (χ1) is 10.1. The number of carbonyl (C=O) groups is 1. The molecule has 1 saturated heterocycles. The summed E-state index contributed by atoms with van der Waals surface area (Å²) in [6.07, 6.45) is -8.00. The largest absolute Gasteiger partial charge is 0.422 e. The van der Waals surface area contributed by atoms with E-state index in [1.807, 2.05) is 0 Å². The number of hydrogen-bond donors (Lipinski definition) is 2. The molecule has 10 heteroatoms. The topological polar surface area (TPSA) is 70.0 Å². The Morgan fingerprint density at radius 2 is 1.86 bits per heavy atom. The van der Waals surface area contributed by atoms with Crippen LogP contribution in [0.3, 0.4) is 0 Å².